The van der Waals surface area contributed by atoms with Crippen LogP contribution in [0, 0.1) is 0 Å². The van der Waals surface area contributed by atoms with Crippen molar-refractivity contribution in [1.82, 2.24) is 0 Å². The highest BCUT2D eigenvalue weighted by Crippen LogP contribution is 1.72. The molecule has 0 heterocycles. The fourth-order valence-corrected chi connectivity index (χ4v) is 0.231. The van der Waals surface area contributed by atoms with E-state index in [0.29, 0.717) is 13.1 Å². The summed E-state index contributed by atoms with van der Waals surface area (Å²) in [5.41, 5.74) is 0. The van der Waals surface area contributed by atoms with Gasteiger partial charge in [-0.2, -0.15) is 10.2 Å². The molecule has 0 aliphatic heterocycles. The molecule has 0 saturated heterocycles. The van der Waals surface area contributed by atoms with Crippen LogP contribution in [0.25, 0.3) is 0 Å². The zero-order valence-electron chi connectivity index (χ0n) is 4.62. The predicted molar refractivity (Wildman–Crippen MR) is 28.8 cm³/mol. The zero-order valence-corrected chi connectivity index (χ0v) is 4.62. The minimum absolute atomic E-state index is 0.0227. The van der Waals surface area contributed by atoms with Gasteiger partial charge in [0.05, 0.1) is 26.3 Å². The highest BCUT2D eigenvalue weighted by atomic mass is 16.3. The SMILES string of the molecule is OCCN=NCCO. The summed E-state index contributed by atoms with van der Waals surface area (Å²) < 4.78 is 0. The second-order valence-corrected chi connectivity index (χ2v) is 1.18. The van der Waals surface area contributed by atoms with Gasteiger partial charge in [-0.3, -0.25) is 0 Å². The number of nitrogens with zero attached hydrogens (tertiary/aromatic N) is 2. The average molecular weight is 118 g/mol. The Balaban J connectivity index is 2.83. The molecule has 0 fully saturated rings. The molecule has 0 unspecified atom stereocenters. The summed E-state index contributed by atoms with van der Waals surface area (Å²) in [6.45, 7) is 0.712. The predicted octanol–water partition coefficient (Wildman–Crippen LogP) is -0.577. The van der Waals surface area contributed by atoms with Gasteiger partial charge in [0.2, 0.25) is 0 Å². The maximum atomic E-state index is 8.15. The first kappa shape index (κ1) is 7.52. The highest BCUT2D eigenvalue weighted by molar-refractivity contribution is 4.35. The van der Waals surface area contributed by atoms with Gasteiger partial charge in [-0.15, -0.1) is 0 Å². The molecule has 0 spiro atoms. The summed E-state index contributed by atoms with van der Waals surface area (Å²) in [4.78, 5) is 0. The third-order valence-electron chi connectivity index (χ3n) is 0.500. The van der Waals surface area contributed by atoms with Crippen LogP contribution in [0.15, 0.2) is 10.2 Å². The molecular weight excluding hydrogens is 108 g/mol. The quantitative estimate of drug-likeness (QED) is 0.485. The molecule has 0 aromatic carbocycles. The van der Waals surface area contributed by atoms with Crippen LogP contribution in [0.4, 0.5) is 0 Å². The van der Waals surface area contributed by atoms with Gasteiger partial charge in [-0.25, -0.2) is 0 Å². The van der Waals surface area contributed by atoms with Gasteiger partial charge in [0.15, 0.2) is 0 Å². The Labute approximate surface area is 47.9 Å². The normalized spacial score (nSPS) is 10.8. The summed E-state index contributed by atoms with van der Waals surface area (Å²) in [5, 5.41) is 23.3. The van der Waals surface area contributed by atoms with Gasteiger partial charge in [0.25, 0.3) is 0 Å². The Morgan fingerprint density at radius 3 is 1.50 bits per heavy atom. The summed E-state index contributed by atoms with van der Waals surface area (Å²) in [7, 11) is 0. The van der Waals surface area contributed by atoms with Crippen LogP contribution in [-0.2, 0) is 0 Å². The van der Waals surface area contributed by atoms with Gasteiger partial charge in [0, 0.05) is 0 Å². The second kappa shape index (κ2) is 6.52. The Morgan fingerprint density at radius 2 is 1.25 bits per heavy atom. The van der Waals surface area contributed by atoms with Crippen LogP contribution in [0.5, 0.6) is 0 Å². The molecule has 4 nitrogen and oxygen atoms in total. The first-order valence-electron chi connectivity index (χ1n) is 2.46. The number of azo groups is 1. The fourth-order valence-electron chi connectivity index (χ4n) is 0.231. The van der Waals surface area contributed by atoms with E-state index in [-0.39, 0.29) is 13.2 Å². The lowest BCUT2D eigenvalue weighted by molar-refractivity contribution is 0.295. The third kappa shape index (κ3) is 5.52. The smallest absolute Gasteiger partial charge is 0.0830 e. The molecule has 0 amide bonds. The largest absolute Gasteiger partial charge is 0.394 e. The van der Waals surface area contributed by atoms with Crippen molar-refractivity contribution in [3.63, 3.8) is 0 Å². The molecule has 0 rings (SSSR count). The van der Waals surface area contributed by atoms with Gasteiger partial charge in [-0.05, 0) is 0 Å². The van der Waals surface area contributed by atoms with E-state index in [2.05, 4.69) is 10.2 Å². The Hall–Kier alpha value is -0.480. The molecular formula is C4H10N2O2. The van der Waals surface area contributed by atoms with Crippen LogP contribution < -0.4 is 0 Å². The van der Waals surface area contributed by atoms with Crippen LogP contribution >= 0.6 is 0 Å². The van der Waals surface area contributed by atoms with Crippen LogP contribution in [0.1, 0.15) is 0 Å². The van der Waals surface area contributed by atoms with E-state index in [1.54, 1.807) is 0 Å². The molecule has 2 N–H and O–H groups in total. The van der Waals surface area contributed by atoms with Crippen molar-refractivity contribution in [2.45, 2.75) is 0 Å². The van der Waals surface area contributed by atoms with E-state index in [1.165, 1.54) is 0 Å². The Bertz CT molecular complexity index is 57.1. The van der Waals surface area contributed by atoms with Crippen LogP contribution in [0.2, 0.25) is 0 Å². The molecule has 0 aliphatic carbocycles. The number of hydrogen-bond acceptors (Lipinski definition) is 4. The van der Waals surface area contributed by atoms with E-state index in [9.17, 15) is 0 Å². The van der Waals surface area contributed by atoms with Crippen molar-refractivity contribution >= 4 is 0 Å². The molecule has 0 aromatic heterocycles. The second-order valence-electron chi connectivity index (χ2n) is 1.18. The minimum atomic E-state index is 0.0227. The maximum Gasteiger partial charge on any atom is 0.0830 e. The molecule has 0 saturated carbocycles. The topological polar surface area (TPSA) is 65.2 Å². The lowest BCUT2D eigenvalue weighted by Crippen LogP contribution is -1.88. The Morgan fingerprint density at radius 1 is 0.875 bits per heavy atom. The van der Waals surface area contributed by atoms with Crippen molar-refractivity contribution in [3.8, 4) is 0 Å². The Kier molecular flexibility index (Phi) is 6.13. The summed E-state index contributed by atoms with van der Waals surface area (Å²) >= 11 is 0. The maximum absolute atomic E-state index is 8.15. The molecule has 48 valence electrons. The van der Waals surface area contributed by atoms with Gasteiger partial charge in [0.1, 0.15) is 0 Å². The van der Waals surface area contributed by atoms with Crippen LogP contribution in [-0.4, -0.2) is 36.5 Å². The first-order chi connectivity index (χ1) is 3.91. The van der Waals surface area contributed by atoms with Crippen molar-refractivity contribution < 1.29 is 10.2 Å². The minimum Gasteiger partial charge on any atom is -0.394 e. The zero-order chi connectivity index (χ0) is 6.24. The van der Waals surface area contributed by atoms with Gasteiger partial charge >= 0.3 is 0 Å². The summed E-state index contributed by atoms with van der Waals surface area (Å²) in [6.07, 6.45) is 0. The number of aliphatic hydroxyl groups is 2. The van der Waals surface area contributed by atoms with E-state index < -0.39 is 0 Å². The highest BCUT2D eigenvalue weighted by Gasteiger charge is 1.74. The van der Waals surface area contributed by atoms with Crippen molar-refractivity contribution in [2.75, 3.05) is 26.3 Å². The van der Waals surface area contributed by atoms with Crippen molar-refractivity contribution in [1.29, 1.82) is 0 Å². The van der Waals surface area contributed by atoms with E-state index in [1.807, 2.05) is 0 Å². The van der Waals surface area contributed by atoms with E-state index >= 15 is 0 Å². The molecule has 0 bridgehead atoms. The van der Waals surface area contributed by atoms with Gasteiger partial charge in [-0.1, -0.05) is 0 Å². The average Bonchev–Trinajstić information content (AvgIpc) is 1.81. The number of rotatable bonds is 4. The van der Waals surface area contributed by atoms with Gasteiger partial charge < -0.3 is 10.2 Å². The summed E-state index contributed by atoms with van der Waals surface area (Å²) in [5.74, 6) is 0. The molecule has 8 heavy (non-hydrogen) atoms. The lowest BCUT2D eigenvalue weighted by Gasteiger charge is -1.83. The molecule has 4 heteroatoms. The van der Waals surface area contributed by atoms with E-state index in [4.69, 9.17) is 10.2 Å². The van der Waals surface area contributed by atoms with Crippen molar-refractivity contribution in [3.05, 3.63) is 0 Å². The molecule has 0 aromatic rings. The molecule has 0 radical (unpaired) electrons. The van der Waals surface area contributed by atoms with Crippen molar-refractivity contribution in [2.24, 2.45) is 10.2 Å². The molecule has 0 aliphatic rings. The molecule has 0 atom stereocenters. The summed E-state index contributed by atoms with van der Waals surface area (Å²) in [6, 6.07) is 0. The fraction of sp³-hybridized carbons (Fsp3) is 1.00. The third-order valence-corrected chi connectivity index (χ3v) is 0.500. The number of hydrogen-bond donors (Lipinski definition) is 2. The lowest BCUT2D eigenvalue weighted by atomic mass is 10.7. The standard InChI is InChI=1S/C4H10N2O2/c7-3-1-5-6-2-4-8/h7-8H,1-4H2. The van der Waals surface area contributed by atoms with E-state index in [0.717, 1.165) is 0 Å². The first-order valence-corrected chi connectivity index (χ1v) is 2.46. The monoisotopic (exact) mass is 118 g/mol. The number of aliphatic hydroxyl groups excluding tert-OH is 2. The van der Waals surface area contributed by atoms with Crippen LogP contribution in [0.3, 0.4) is 0 Å².